The molecule has 1 heterocycles. The van der Waals surface area contributed by atoms with Gasteiger partial charge in [-0.1, -0.05) is 11.8 Å². The summed E-state index contributed by atoms with van der Waals surface area (Å²) in [5.74, 6) is 0.235. The molecule has 0 unspecified atom stereocenters. The molecule has 0 N–H and O–H groups in total. The van der Waals surface area contributed by atoms with Crippen molar-refractivity contribution in [1.82, 2.24) is 25.1 Å². The zero-order chi connectivity index (χ0) is 12.0. The van der Waals surface area contributed by atoms with Crippen LogP contribution in [0.2, 0.25) is 0 Å². The standard InChI is InChI=1S/C8H12N6OS/c1-13(5-3-4-9)7(15)6-16-8-10-11-12-14(8)2/h3,5-6H2,1-2H3. The molecule has 1 aromatic heterocycles. The van der Waals surface area contributed by atoms with Crippen LogP contribution >= 0.6 is 11.8 Å². The van der Waals surface area contributed by atoms with Crippen LogP contribution in [0.25, 0.3) is 0 Å². The van der Waals surface area contributed by atoms with Gasteiger partial charge in [0.1, 0.15) is 0 Å². The average Bonchev–Trinajstić information content (AvgIpc) is 2.68. The lowest BCUT2D eigenvalue weighted by molar-refractivity contribution is -0.127. The van der Waals surface area contributed by atoms with Crippen LogP contribution in [0.1, 0.15) is 6.42 Å². The van der Waals surface area contributed by atoms with E-state index in [0.717, 1.165) is 0 Å². The van der Waals surface area contributed by atoms with Gasteiger partial charge in [0.05, 0.1) is 18.2 Å². The van der Waals surface area contributed by atoms with Crippen molar-refractivity contribution in [2.75, 3.05) is 19.3 Å². The molecule has 1 amide bonds. The van der Waals surface area contributed by atoms with E-state index in [-0.39, 0.29) is 11.7 Å². The fraction of sp³-hybridized carbons (Fsp3) is 0.625. The van der Waals surface area contributed by atoms with E-state index >= 15 is 0 Å². The van der Waals surface area contributed by atoms with Crippen LogP contribution in [-0.2, 0) is 11.8 Å². The molecule has 86 valence electrons. The molecule has 0 aliphatic heterocycles. The summed E-state index contributed by atoms with van der Waals surface area (Å²) in [6.07, 6.45) is 0.346. The summed E-state index contributed by atoms with van der Waals surface area (Å²) in [5, 5.41) is 19.9. The second kappa shape index (κ2) is 6.07. The summed E-state index contributed by atoms with van der Waals surface area (Å²) in [6, 6.07) is 2.00. The van der Waals surface area contributed by atoms with E-state index in [1.807, 2.05) is 6.07 Å². The number of nitriles is 1. The van der Waals surface area contributed by atoms with Gasteiger partial charge in [0.15, 0.2) is 0 Å². The predicted octanol–water partition coefficient (Wildman–Crippen LogP) is -0.326. The molecule has 0 saturated heterocycles. The van der Waals surface area contributed by atoms with Gasteiger partial charge >= 0.3 is 0 Å². The zero-order valence-corrected chi connectivity index (χ0v) is 9.94. The summed E-state index contributed by atoms with van der Waals surface area (Å²) in [5.41, 5.74) is 0. The number of hydrogen-bond acceptors (Lipinski definition) is 6. The predicted molar refractivity (Wildman–Crippen MR) is 57.4 cm³/mol. The lowest BCUT2D eigenvalue weighted by atomic mass is 10.4. The number of amides is 1. The number of carbonyl (C=O) groups is 1. The second-order valence-corrected chi connectivity index (χ2v) is 4.04. The molecule has 0 radical (unpaired) electrons. The van der Waals surface area contributed by atoms with Crippen LogP contribution in [0.4, 0.5) is 0 Å². The Morgan fingerprint density at radius 1 is 1.69 bits per heavy atom. The smallest absolute Gasteiger partial charge is 0.232 e. The van der Waals surface area contributed by atoms with E-state index in [9.17, 15) is 4.79 Å². The zero-order valence-electron chi connectivity index (χ0n) is 9.12. The number of tetrazole rings is 1. The molecule has 7 nitrogen and oxygen atoms in total. The lowest BCUT2D eigenvalue weighted by Crippen LogP contribution is -2.29. The molecule has 1 rings (SSSR count). The highest BCUT2D eigenvalue weighted by molar-refractivity contribution is 7.99. The Morgan fingerprint density at radius 3 is 3.00 bits per heavy atom. The molecule has 1 aromatic rings. The van der Waals surface area contributed by atoms with Crippen molar-refractivity contribution in [2.45, 2.75) is 11.6 Å². The third-order valence-electron chi connectivity index (χ3n) is 1.89. The molecule has 8 heteroatoms. The molecule has 0 aliphatic rings. The molecule has 0 aliphatic carbocycles. The minimum atomic E-state index is -0.0387. The van der Waals surface area contributed by atoms with Gasteiger partial charge in [-0.2, -0.15) is 5.26 Å². The summed E-state index contributed by atoms with van der Waals surface area (Å²) >= 11 is 1.28. The second-order valence-electron chi connectivity index (χ2n) is 3.10. The van der Waals surface area contributed by atoms with E-state index in [4.69, 9.17) is 5.26 Å². The maximum atomic E-state index is 11.6. The summed E-state index contributed by atoms with van der Waals surface area (Å²) in [4.78, 5) is 13.1. The maximum absolute atomic E-state index is 11.6. The first-order valence-corrected chi connectivity index (χ1v) is 5.59. The Bertz CT molecular complexity index is 397. The first kappa shape index (κ1) is 12.4. The maximum Gasteiger partial charge on any atom is 0.232 e. The van der Waals surface area contributed by atoms with E-state index in [1.165, 1.54) is 21.3 Å². The number of rotatable bonds is 5. The van der Waals surface area contributed by atoms with Gasteiger partial charge in [-0.05, 0) is 10.4 Å². The Kier molecular flexibility index (Phi) is 4.72. The number of thioether (sulfide) groups is 1. The van der Waals surface area contributed by atoms with Crippen LogP contribution in [-0.4, -0.2) is 50.4 Å². The number of aromatic nitrogens is 4. The molecule has 0 spiro atoms. The van der Waals surface area contributed by atoms with Crippen LogP contribution in [0.15, 0.2) is 5.16 Å². The van der Waals surface area contributed by atoms with Gasteiger partial charge in [-0.15, -0.1) is 5.10 Å². The molecule has 0 bridgehead atoms. The molecule has 0 fully saturated rings. The lowest BCUT2D eigenvalue weighted by Gasteiger charge is -2.14. The number of carbonyl (C=O) groups excluding carboxylic acids is 1. The number of aryl methyl sites for hydroxylation is 1. The van der Waals surface area contributed by atoms with Gasteiger partial charge in [-0.3, -0.25) is 4.79 Å². The van der Waals surface area contributed by atoms with Crippen molar-refractivity contribution >= 4 is 17.7 Å². The molecular weight excluding hydrogens is 228 g/mol. The highest BCUT2D eigenvalue weighted by Crippen LogP contribution is 2.12. The van der Waals surface area contributed by atoms with Crippen LogP contribution in [0.5, 0.6) is 0 Å². The van der Waals surface area contributed by atoms with E-state index in [2.05, 4.69) is 15.5 Å². The first-order chi connectivity index (χ1) is 7.65. The molecule has 0 aromatic carbocycles. The van der Waals surface area contributed by atoms with Gasteiger partial charge in [0, 0.05) is 20.6 Å². The van der Waals surface area contributed by atoms with E-state index in [1.54, 1.807) is 14.1 Å². The molecule has 16 heavy (non-hydrogen) atoms. The SMILES string of the molecule is CN(CCC#N)C(=O)CSc1nnnn1C. The van der Waals surface area contributed by atoms with Crippen molar-refractivity contribution in [3.05, 3.63) is 0 Å². The van der Waals surface area contributed by atoms with Crippen LogP contribution in [0.3, 0.4) is 0 Å². The van der Waals surface area contributed by atoms with Gasteiger partial charge in [0.2, 0.25) is 11.1 Å². The average molecular weight is 240 g/mol. The topological polar surface area (TPSA) is 87.7 Å². The Morgan fingerprint density at radius 2 is 2.44 bits per heavy atom. The highest BCUT2D eigenvalue weighted by atomic mass is 32.2. The van der Waals surface area contributed by atoms with Crippen molar-refractivity contribution in [2.24, 2.45) is 7.05 Å². The summed E-state index contributed by atoms with van der Waals surface area (Å²) in [7, 11) is 3.39. The normalized spacial score (nSPS) is 9.81. The highest BCUT2D eigenvalue weighted by Gasteiger charge is 2.11. The van der Waals surface area contributed by atoms with Crippen LogP contribution in [0, 0.1) is 11.3 Å². The Balaban J connectivity index is 2.36. The van der Waals surface area contributed by atoms with E-state index < -0.39 is 0 Å². The Labute approximate surface area is 97.4 Å². The summed E-state index contributed by atoms with van der Waals surface area (Å²) in [6.45, 7) is 0.451. The quantitative estimate of drug-likeness (QED) is 0.655. The van der Waals surface area contributed by atoms with Gasteiger partial charge < -0.3 is 4.90 Å². The fourth-order valence-electron chi connectivity index (χ4n) is 0.922. The van der Waals surface area contributed by atoms with E-state index in [0.29, 0.717) is 18.1 Å². The molecular formula is C8H12N6OS. The number of nitrogens with zero attached hydrogens (tertiary/aromatic N) is 6. The fourth-order valence-corrected chi connectivity index (χ4v) is 1.71. The monoisotopic (exact) mass is 240 g/mol. The van der Waals surface area contributed by atoms with Crippen molar-refractivity contribution in [3.8, 4) is 6.07 Å². The van der Waals surface area contributed by atoms with Crippen LogP contribution < -0.4 is 0 Å². The third kappa shape index (κ3) is 3.51. The Hall–Kier alpha value is -1.62. The van der Waals surface area contributed by atoms with Crippen molar-refractivity contribution in [3.63, 3.8) is 0 Å². The van der Waals surface area contributed by atoms with Gasteiger partial charge in [-0.25, -0.2) is 4.68 Å². The minimum absolute atomic E-state index is 0.0387. The van der Waals surface area contributed by atoms with Gasteiger partial charge in [0.25, 0.3) is 0 Å². The molecule has 0 atom stereocenters. The summed E-state index contributed by atoms with van der Waals surface area (Å²) < 4.78 is 1.51. The number of hydrogen-bond donors (Lipinski definition) is 0. The molecule has 0 saturated carbocycles. The van der Waals surface area contributed by atoms with Crippen molar-refractivity contribution < 1.29 is 4.79 Å². The largest absolute Gasteiger partial charge is 0.344 e. The third-order valence-corrected chi connectivity index (χ3v) is 2.89. The van der Waals surface area contributed by atoms with Crippen molar-refractivity contribution in [1.29, 1.82) is 5.26 Å². The first-order valence-electron chi connectivity index (χ1n) is 4.61. The minimum Gasteiger partial charge on any atom is -0.344 e.